The number of thiophene rings is 1. The largest absolute Gasteiger partial charge is 0.348 e. The average molecular weight is 390 g/mol. The normalized spacial score (nSPS) is 11.1. The predicted octanol–water partition coefficient (Wildman–Crippen LogP) is 3.62. The van der Waals surface area contributed by atoms with Crippen molar-refractivity contribution in [3.05, 3.63) is 82.3 Å². The van der Waals surface area contributed by atoms with Crippen LogP contribution >= 0.6 is 11.3 Å². The Bertz CT molecular complexity index is 1000. The van der Waals surface area contributed by atoms with E-state index in [4.69, 9.17) is 0 Å². The number of anilines is 1. The molecule has 0 aliphatic heterocycles. The summed E-state index contributed by atoms with van der Waals surface area (Å²) < 4.78 is 40.3. The Morgan fingerprint density at radius 1 is 1.04 bits per heavy atom. The summed E-state index contributed by atoms with van der Waals surface area (Å²) in [6, 6.07) is 12.7. The summed E-state index contributed by atoms with van der Waals surface area (Å²) in [5.41, 5.74) is 1.32. The van der Waals surface area contributed by atoms with Crippen molar-refractivity contribution in [2.75, 3.05) is 4.72 Å². The number of carbonyl (C=O) groups is 1. The maximum atomic E-state index is 13.0. The van der Waals surface area contributed by atoms with Gasteiger partial charge in [-0.1, -0.05) is 12.1 Å². The molecule has 0 atom stereocenters. The van der Waals surface area contributed by atoms with Crippen LogP contribution in [0.2, 0.25) is 0 Å². The van der Waals surface area contributed by atoms with E-state index in [1.54, 1.807) is 12.1 Å². The van der Waals surface area contributed by atoms with Gasteiger partial charge in [0.1, 0.15) is 5.82 Å². The van der Waals surface area contributed by atoms with Gasteiger partial charge in [-0.05, 0) is 58.8 Å². The molecule has 0 fully saturated rings. The molecule has 3 rings (SSSR count). The minimum atomic E-state index is -3.94. The smallest absolute Gasteiger partial charge is 0.261 e. The van der Waals surface area contributed by atoms with Crippen LogP contribution in [0.1, 0.15) is 15.9 Å². The summed E-state index contributed by atoms with van der Waals surface area (Å²) in [6.07, 6.45) is 0. The molecule has 0 spiro atoms. The van der Waals surface area contributed by atoms with Crippen LogP contribution in [0, 0.1) is 5.82 Å². The van der Waals surface area contributed by atoms with Gasteiger partial charge >= 0.3 is 0 Å². The highest BCUT2D eigenvalue weighted by Gasteiger charge is 2.18. The fourth-order valence-electron chi connectivity index (χ4n) is 2.26. The van der Waals surface area contributed by atoms with E-state index in [2.05, 4.69) is 10.0 Å². The summed E-state index contributed by atoms with van der Waals surface area (Å²) in [5, 5.41) is 6.59. The Hall–Kier alpha value is -2.71. The van der Waals surface area contributed by atoms with E-state index in [1.165, 1.54) is 23.5 Å². The fraction of sp³-hybridized carbons (Fsp3) is 0.0556. The van der Waals surface area contributed by atoms with Crippen molar-refractivity contribution >= 4 is 33.0 Å². The maximum Gasteiger partial charge on any atom is 0.261 e. The number of halogens is 1. The summed E-state index contributed by atoms with van der Waals surface area (Å²) in [5.74, 6) is -0.925. The van der Waals surface area contributed by atoms with Gasteiger partial charge in [-0.2, -0.15) is 11.3 Å². The number of amides is 1. The number of hydrogen-bond acceptors (Lipinski definition) is 4. The first kappa shape index (κ1) is 18.1. The molecule has 1 aromatic heterocycles. The molecule has 5 nitrogen and oxygen atoms in total. The van der Waals surface area contributed by atoms with Gasteiger partial charge in [-0.3, -0.25) is 9.52 Å². The molecule has 134 valence electrons. The molecule has 0 saturated carbocycles. The van der Waals surface area contributed by atoms with E-state index in [9.17, 15) is 17.6 Å². The van der Waals surface area contributed by atoms with Crippen molar-refractivity contribution in [2.45, 2.75) is 11.4 Å². The third-order valence-corrected chi connectivity index (χ3v) is 5.69. The number of nitrogens with one attached hydrogen (secondary N) is 2. The molecule has 26 heavy (non-hydrogen) atoms. The topological polar surface area (TPSA) is 75.3 Å². The molecule has 1 heterocycles. The SMILES string of the molecule is O=C(NCc1ccsc1)c1ccccc1NS(=O)(=O)c1ccc(F)cc1. The van der Waals surface area contributed by atoms with Crippen LogP contribution in [0.15, 0.2) is 70.3 Å². The summed E-state index contributed by atoms with van der Waals surface area (Å²) >= 11 is 1.53. The first-order valence-electron chi connectivity index (χ1n) is 7.62. The van der Waals surface area contributed by atoms with E-state index in [0.717, 1.165) is 29.8 Å². The van der Waals surface area contributed by atoms with Crippen LogP contribution in [0.5, 0.6) is 0 Å². The third-order valence-electron chi connectivity index (χ3n) is 3.57. The van der Waals surface area contributed by atoms with Gasteiger partial charge in [-0.15, -0.1) is 0 Å². The van der Waals surface area contributed by atoms with Crippen molar-refractivity contribution < 1.29 is 17.6 Å². The van der Waals surface area contributed by atoms with E-state index in [1.807, 2.05) is 16.8 Å². The van der Waals surface area contributed by atoms with Crippen molar-refractivity contribution in [1.82, 2.24) is 5.32 Å². The quantitative estimate of drug-likeness (QED) is 0.675. The van der Waals surface area contributed by atoms with Crippen molar-refractivity contribution in [1.29, 1.82) is 0 Å². The minimum absolute atomic E-state index is 0.0904. The zero-order chi connectivity index (χ0) is 18.6. The Morgan fingerprint density at radius 2 is 1.77 bits per heavy atom. The molecular weight excluding hydrogens is 375 g/mol. The molecule has 2 aromatic carbocycles. The molecule has 0 unspecified atom stereocenters. The third kappa shape index (κ3) is 4.27. The van der Waals surface area contributed by atoms with E-state index >= 15 is 0 Å². The fourth-order valence-corrected chi connectivity index (χ4v) is 4.01. The number of para-hydroxylation sites is 1. The van der Waals surface area contributed by atoms with E-state index in [-0.39, 0.29) is 16.1 Å². The highest BCUT2D eigenvalue weighted by molar-refractivity contribution is 7.92. The first-order chi connectivity index (χ1) is 12.5. The molecule has 1 amide bonds. The van der Waals surface area contributed by atoms with Gasteiger partial charge in [0.25, 0.3) is 15.9 Å². The molecule has 0 aliphatic carbocycles. The van der Waals surface area contributed by atoms with Crippen LogP contribution in [0.4, 0.5) is 10.1 Å². The highest BCUT2D eigenvalue weighted by atomic mass is 32.2. The molecule has 3 aromatic rings. The molecule has 0 bridgehead atoms. The lowest BCUT2D eigenvalue weighted by atomic mass is 10.1. The molecular formula is C18H15FN2O3S2. The van der Waals surface area contributed by atoms with Gasteiger partial charge in [0.15, 0.2) is 0 Å². The Morgan fingerprint density at radius 3 is 2.46 bits per heavy atom. The maximum absolute atomic E-state index is 13.0. The van der Waals surface area contributed by atoms with Crippen LogP contribution in [-0.4, -0.2) is 14.3 Å². The monoisotopic (exact) mass is 390 g/mol. The Kier molecular flexibility index (Phi) is 5.34. The van der Waals surface area contributed by atoms with E-state index < -0.39 is 21.7 Å². The summed E-state index contributed by atoms with van der Waals surface area (Å²) in [7, 11) is -3.94. The van der Waals surface area contributed by atoms with E-state index in [0.29, 0.717) is 6.54 Å². The van der Waals surface area contributed by atoms with Crippen LogP contribution in [0.3, 0.4) is 0 Å². The minimum Gasteiger partial charge on any atom is -0.348 e. The number of benzene rings is 2. The second-order valence-corrected chi connectivity index (χ2v) is 7.88. The van der Waals surface area contributed by atoms with Crippen molar-refractivity contribution in [3.8, 4) is 0 Å². The second-order valence-electron chi connectivity index (χ2n) is 5.42. The summed E-state index contributed by atoms with van der Waals surface area (Å²) in [4.78, 5) is 12.3. The standard InChI is InChI=1S/C18H15FN2O3S2/c19-14-5-7-15(8-6-14)26(23,24)21-17-4-2-1-3-16(17)18(22)20-11-13-9-10-25-12-13/h1-10,12,21H,11H2,(H,20,22). The molecule has 0 aliphatic rings. The first-order valence-corrected chi connectivity index (χ1v) is 10.0. The van der Waals surface area contributed by atoms with Gasteiger partial charge in [0, 0.05) is 6.54 Å². The number of sulfonamides is 1. The molecule has 2 N–H and O–H groups in total. The number of hydrogen-bond donors (Lipinski definition) is 2. The van der Waals surface area contributed by atoms with Crippen LogP contribution in [-0.2, 0) is 16.6 Å². The van der Waals surface area contributed by atoms with Crippen LogP contribution < -0.4 is 10.0 Å². The Balaban J connectivity index is 1.80. The van der Waals surface area contributed by atoms with Crippen molar-refractivity contribution in [3.63, 3.8) is 0 Å². The zero-order valence-electron chi connectivity index (χ0n) is 13.5. The predicted molar refractivity (Wildman–Crippen MR) is 99.1 cm³/mol. The lowest BCUT2D eigenvalue weighted by Gasteiger charge is -2.12. The van der Waals surface area contributed by atoms with Crippen molar-refractivity contribution in [2.24, 2.45) is 0 Å². The molecule has 0 saturated heterocycles. The lowest BCUT2D eigenvalue weighted by Crippen LogP contribution is -2.24. The summed E-state index contributed by atoms with van der Waals surface area (Å²) in [6.45, 7) is 0.349. The van der Waals surface area contributed by atoms with Gasteiger partial charge in [0.05, 0.1) is 16.1 Å². The van der Waals surface area contributed by atoms with Crippen LogP contribution in [0.25, 0.3) is 0 Å². The Labute approximate surface area is 154 Å². The molecule has 0 radical (unpaired) electrons. The lowest BCUT2D eigenvalue weighted by molar-refractivity contribution is 0.0952. The second kappa shape index (κ2) is 7.67. The number of carbonyl (C=O) groups excluding carboxylic acids is 1. The van der Waals surface area contributed by atoms with Gasteiger partial charge in [-0.25, -0.2) is 12.8 Å². The van der Waals surface area contributed by atoms with Gasteiger partial charge < -0.3 is 5.32 Å². The highest BCUT2D eigenvalue weighted by Crippen LogP contribution is 2.20. The van der Waals surface area contributed by atoms with Gasteiger partial charge in [0.2, 0.25) is 0 Å². The average Bonchev–Trinajstić information content (AvgIpc) is 3.14. The number of rotatable bonds is 6. The zero-order valence-corrected chi connectivity index (χ0v) is 15.1. The molecule has 8 heteroatoms.